The molecule has 0 atom stereocenters. The van der Waals surface area contributed by atoms with E-state index in [4.69, 9.17) is 11.5 Å². The smallest absolute Gasteiger partial charge is 0.224 e. The first-order valence-corrected chi connectivity index (χ1v) is 5.94. The highest BCUT2D eigenvalue weighted by molar-refractivity contribution is 5.82. The molecule has 0 fully saturated rings. The van der Waals surface area contributed by atoms with Gasteiger partial charge in [-0.25, -0.2) is 9.37 Å². The molecular formula is C13H17FN4O. The van der Waals surface area contributed by atoms with Crippen LogP contribution >= 0.6 is 0 Å². The highest BCUT2D eigenvalue weighted by Gasteiger charge is 2.27. The molecule has 102 valence electrons. The van der Waals surface area contributed by atoms with Crippen LogP contribution in [-0.2, 0) is 11.3 Å². The summed E-state index contributed by atoms with van der Waals surface area (Å²) in [5.41, 5.74) is 12.1. The van der Waals surface area contributed by atoms with Gasteiger partial charge >= 0.3 is 0 Å². The van der Waals surface area contributed by atoms with Crippen molar-refractivity contribution in [3.63, 3.8) is 0 Å². The summed E-state index contributed by atoms with van der Waals surface area (Å²) >= 11 is 0. The Morgan fingerprint density at radius 1 is 1.47 bits per heavy atom. The topological polar surface area (TPSA) is 86.9 Å². The summed E-state index contributed by atoms with van der Waals surface area (Å²) in [6, 6.07) is 3.01. The number of primary amides is 1. The van der Waals surface area contributed by atoms with Gasteiger partial charge in [-0.15, -0.1) is 0 Å². The van der Waals surface area contributed by atoms with E-state index in [0.29, 0.717) is 23.1 Å². The molecule has 0 radical (unpaired) electrons. The van der Waals surface area contributed by atoms with Crippen LogP contribution in [0.2, 0.25) is 0 Å². The Balaban J connectivity index is 2.58. The van der Waals surface area contributed by atoms with E-state index in [1.807, 2.05) is 0 Å². The van der Waals surface area contributed by atoms with Crippen LogP contribution in [0.5, 0.6) is 0 Å². The first-order valence-electron chi connectivity index (χ1n) is 5.94. The van der Waals surface area contributed by atoms with Gasteiger partial charge in [0.1, 0.15) is 5.82 Å². The molecule has 0 aliphatic rings. The van der Waals surface area contributed by atoms with Crippen LogP contribution in [0.1, 0.15) is 19.4 Å². The average molecular weight is 264 g/mol. The van der Waals surface area contributed by atoms with E-state index in [0.717, 1.165) is 0 Å². The fourth-order valence-electron chi connectivity index (χ4n) is 1.91. The molecule has 2 rings (SSSR count). The van der Waals surface area contributed by atoms with E-state index < -0.39 is 11.3 Å². The lowest BCUT2D eigenvalue weighted by atomic mass is 9.92. The first kappa shape index (κ1) is 13.3. The molecule has 0 saturated heterocycles. The van der Waals surface area contributed by atoms with Crippen molar-refractivity contribution in [3.05, 3.63) is 23.5 Å². The van der Waals surface area contributed by atoms with Gasteiger partial charge in [0.25, 0.3) is 0 Å². The van der Waals surface area contributed by atoms with E-state index in [2.05, 4.69) is 4.98 Å². The highest BCUT2D eigenvalue weighted by atomic mass is 19.1. The monoisotopic (exact) mass is 264 g/mol. The van der Waals surface area contributed by atoms with E-state index in [-0.39, 0.29) is 11.8 Å². The number of aryl methyl sites for hydroxylation is 1. The predicted octanol–water partition coefficient (Wildman–Crippen LogP) is 1.58. The first-order chi connectivity index (χ1) is 8.72. The highest BCUT2D eigenvalue weighted by Crippen LogP contribution is 2.26. The lowest BCUT2D eigenvalue weighted by Crippen LogP contribution is -2.35. The minimum Gasteiger partial charge on any atom is -0.369 e. The Hall–Kier alpha value is -2.11. The molecule has 1 amide bonds. The Morgan fingerprint density at radius 3 is 2.68 bits per heavy atom. The molecule has 1 aromatic carbocycles. The van der Waals surface area contributed by atoms with Crippen molar-refractivity contribution in [3.8, 4) is 0 Å². The van der Waals surface area contributed by atoms with Crippen LogP contribution in [0, 0.1) is 18.2 Å². The van der Waals surface area contributed by atoms with Crippen LogP contribution < -0.4 is 11.5 Å². The van der Waals surface area contributed by atoms with Gasteiger partial charge in [-0.05, 0) is 32.4 Å². The Bertz CT molecular complexity index is 660. The van der Waals surface area contributed by atoms with Crippen molar-refractivity contribution >= 4 is 22.9 Å². The molecule has 0 aliphatic carbocycles. The van der Waals surface area contributed by atoms with Gasteiger partial charge < -0.3 is 16.0 Å². The number of carbonyl (C=O) groups excluding carboxylic acids is 1. The van der Waals surface area contributed by atoms with E-state index >= 15 is 0 Å². The molecule has 0 unspecified atom stereocenters. The van der Waals surface area contributed by atoms with Crippen molar-refractivity contribution in [1.29, 1.82) is 0 Å². The zero-order chi connectivity index (χ0) is 14.4. The number of nitrogen functional groups attached to an aromatic ring is 1. The molecule has 0 bridgehead atoms. The second kappa shape index (κ2) is 4.22. The van der Waals surface area contributed by atoms with E-state index in [1.54, 1.807) is 31.4 Å². The van der Waals surface area contributed by atoms with Crippen LogP contribution in [0.3, 0.4) is 0 Å². The number of fused-ring (bicyclic) bond motifs is 1. The SMILES string of the molecule is Cc1cc2c(cc1F)nc(N)n2CC(C)(C)C(N)=O. The fraction of sp³-hybridized carbons (Fsp3) is 0.385. The number of halogens is 1. The van der Waals surface area contributed by atoms with Crippen LogP contribution in [0.15, 0.2) is 12.1 Å². The number of nitrogens with zero attached hydrogens (tertiary/aromatic N) is 2. The minimum atomic E-state index is -0.760. The summed E-state index contributed by atoms with van der Waals surface area (Å²) in [6.07, 6.45) is 0. The van der Waals surface area contributed by atoms with Gasteiger partial charge in [0.05, 0.1) is 16.4 Å². The van der Waals surface area contributed by atoms with Crippen molar-refractivity contribution in [1.82, 2.24) is 9.55 Å². The number of anilines is 1. The van der Waals surface area contributed by atoms with Crippen molar-refractivity contribution in [2.24, 2.45) is 11.1 Å². The molecule has 0 spiro atoms. The predicted molar refractivity (Wildman–Crippen MR) is 71.8 cm³/mol. The number of hydrogen-bond donors (Lipinski definition) is 2. The van der Waals surface area contributed by atoms with Gasteiger partial charge in [0.2, 0.25) is 11.9 Å². The Morgan fingerprint density at radius 2 is 2.11 bits per heavy atom. The van der Waals surface area contributed by atoms with Crippen LogP contribution in [0.4, 0.5) is 10.3 Å². The Kier molecular flexibility index (Phi) is 2.96. The van der Waals surface area contributed by atoms with Crippen molar-refractivity contribution in [2.45, 2.75) is 27.3 Å². The van der Waals surface area contributed by atoms with E-state index in [9.17, 15) is 9.18 Å². The summed E-state index contributed by atoms with van der Waals surface area (Å²) in [6.45, 7) is 5.44. The second-order valence-corrected chi connectivity index (χ2v) is 5.39. The zero-order valence-electron chi connectivity index (χ0n) is 11.2. The third-order valence-corrected chi connectivity index (χ3v) is 3.28. The summed E-state index contributed by atoms with van der Waals surface area (Å²) in [5.74, 6) is -0.506. The maximum absolute atomic E-state index is 13.5. The number of aromatic nitrogens is 2. The van der Waals surface area contributed by atoms with Crippen molar-refractivity contribution < 1.29 is 9.18 Å². The van der Waals surface area contributed by atoms with Gasteiger partial charge in [0, 0.05) is 12.6 Å². The summed E-state index contributed by atoms with van der Waals surface area (Å²) in [4.78, 5) is 15.5. The standard InChI is InChI=1S/C13H17FN4O/c1-7-4-10-9(5-8(7)14)17-12(16)18(10)6-13(2,3)11(15)19/h4-5H,6H2,1-3H3,(H2,15,19)(H2,16,17). The second-order valence-electron chi connectivity index (χ2n) is 5.39. The number of hydrogen-bond acceptors (Lipinski definition) is 3. The maximum atomic E-state index is 13.5. The summed E-state index contributed by atoms with van der Waals surface area (Å²) < 4.78 is 15.2. The van der Waals surface area contributed by atoms with Crippen LogP contribution in [0.25, 0.3) is 11.0 Å². The third-order valence-electron chi connectivity index (χ3n) is 3.28. The zero-order valence-corrected chi connectivity index (χ0v) is 11.2. The number of imidazole rings is 1. The van der Waals surface area contributed by atoms with E-state index in [1.165, 1.54) is 6.07 Å². The molecule has 5 nitrogen and oxygen atoms in total. The molecule has 0 aliphatic heterocycles. The molecule has 6 heteroatoms. The molecular weight excluding hydrogens is 247 g/mol. The molecule has 19 heavy (non-hydrogen) atoms. The quantitative estimate of drug-likeness (QED) is 0.882. The summed E-state index contributed by atoms with van der Waals surface area (Å²) in [5, 5.41) is 0. The normalized spacial score (nSPS) is 12.0. The van der Waals surface area contributed by atoms with Gasteiger partial charge in [-0.2, -0.15) is 0 Å². The number of amides is 1. The van der Waals surface area contributed by atoms with Crippen LogP contribution in [-0.4, -0.2) is 15.5 Å². The number of rotatable bonds is 3. The Labute approximate surface area is 110 Å². The molecule has 1 aromatic heterocycles. The molecule has 4 N–H and O–H groups in total. The minimum absolute atomic E-state index is 0.245. The van der Waals surface area contributed by atoms with Gasteiger partial charge in [-0.3, -0.25) is 4.79 Å². The lowest BCUT2D eigenvalue weighted by Gasteiger charge is -2.22. The maximum Gasteiger partial charge on any atom is 0.224 e. The molecule has 2 aromatic rings. The largest absolute Gasteiger partial charge is 0.369 e. The molecule has 1 heterocycles. The number of carbonyl (C=O) groups is 1. The third kappa shape index (κ3) is 2.25. The lowest BCUT2D eigenvalue weighted by molar-refractivity contribution is -0.126. The summed E-state index contributed by atoms with van der Waals surface area (Å²) in [7, 11) is 0. The molecule has 0 saturated carbocycles. The van der Waals surface area contributed by atoms with Crippen molar-refractivity contribution in [2.75, 3.05) is 5.73 Å². The number of nitrogens with two attached hydrogens (primary N) is 2. The van der Waals surface area contributed by atoms with Gasteiger partial charge in [-0.1, -0.05) is 0 Å². The average Bonchev–Trinajstić information content (AvgIpc) is 2.56. The number of benzene rings is 1. The fourth-order valence-corrected chi connectivity index (χ4v) is 1.91. The van der Waals surface area contributed by atoms with Gasteiger partial charge in [0.15, 0.2) is 0 Å².